The maximum atomic E-state index is 12.6. The average molecular weight is 485 g/mol. The Hall–Kier alpha value is -3.26. The van der Waals surface area contributed by atoms with Gasteiger partial charge in [0.25, 0.3) is 5.91 Å². The molecule has 0 aliphatic carbocycles. The van der Waals surface area contributed by atoms with Crippen LogP contribution in [0.25, 0.3) is 0 Å². The summed E-state index contributed by atoms with van der Waals surface area (Å²) >= 11 is 5.96. The number of hydrogen-bond donors (Lipinski definition) is 6. The summed E-state index contributed by atoms with van der Waals surface area (Å²) in [7, 11) is 0. The molecule has 3 aromatic rings. The molecule has 0 aliphatic rings. The number of aliphatic hydroxyl groups is 1. The van der Waals surface area contributed by atoms with Crippen molar-refractivity contribution in [2.75, 3.05) is 13.1 Å². The van der Waals surface area contributed by atoms with Gasteiger partial charge in [-0.25, -0.2) is 0 Å². The van der Waals surface area contributed by atoms with Gasteiger partial charge >= 0.3 is 0 Å². The largest absolute Gasteiger partial charge is 0.508 e. The van der Waals surface area contributed by atoms with Gasteiger partial charge in [0.2, 0.25) is 0 Å². The lowest BCUT2D eigenvalue weighted by Crippen LogP contribution is -2.32. The fourth-order valence-electron chi connectivity index (χ4n) is 3.67. The van der Waals surface area contributed by atoms with E-state index in [0.29, 0.717) is 41.1 Å². The molecular formula is C26H29ClN2O5. The number of nitrogens with one attached hydrogen (secondary N) is 2. The van der Waals surface area contributed by atoms with Crippen LogP contribution in [0.3, 0.4) is 0 Å². The monoisotopic (exact) mass is 484 g/mol. The third-order valence-corrected chi connectivity index (χ3v) is 5.66. The quantitative estimate of drug-likeness (QED) is 0.261. The molecule has 34 heavy (non-hydrogen) atoms. The van der Waals surface area contributed by atoms with Gasteiger partial charge in [0, 0.05) is 35.8 Å². The van der Waals surface area contributed by atoms with Crippen molar-refractivity contribution in [1.82, 2.24) is 10.6 Å². The number of rotatable bonds is 10. The summed E-state index contributed by atoms with van der Waals surface area (Å²) in [6.07, 6.45) is 0.199. The van der Waals surface area contributed by atoms with Crippen molar-refractivity contribution in [2.45, 2.75) is 31.9 Å². The van der Waals surface area contributed by atoms with Gasteiger partial charge in [-0.1, -0.05) is 23.7 Å². The number of phenolic OH excluding ortho intramolecular Hbond substituents is 3. The van der Waals surface area contributed by atoms with Crippen molar-refractivity contribution in [3.8, 4) is 17.2 Å². The summed E-state index contributed by atoms with van der Waals surface area (Å²) in [5.74, 6) is -0.278. The Kier molecular flexibility index (Phi) is 8.76. The molecule has 0 spiro atoms. The number of phenols is 3. The molecule has 0 aromatic heterocycles. The van der Waals surface area contributed by atoms with Crippen molar-refractivity contribution in [1.29, 1.82) is 0 Å². The summed E-state index contributed by atoms with van der Waals surface area (Å²) in [4.78, 5) is 12.6. The highest BCUT2D eigenvalue weighted by Gasteiger charge is 2.13. The van der Waals surface area contributed by atoms with Crippen molar-refractivity contribution in [2.24, 2.45) is 0 Å². The second kappa shape index (κ2) is 11.7. The van der Waals surface area contributed by atoms with Gasteiger partial charge in [0.05, 0.1) is 6.10 Å². The van der Waals surface area contributed by atoms with E-state index in [4.69, 9.17) is 11.6 Å². The number of halogens is 1. The molecule has 7 nitrogen and oxygen atoms in total. The molecule has 6 N–H and O–H groups in total. The number of amides is 1. The van der Waals surface area contributed by atoms with E-state index in [1.54, 1.807) is 18.2 Å². The summed E-state index contributed by atoms with van der Waals surface area (Å²) in [5.41, 5.74) is 2.59. The zero-order valence-electron chi connectivity index (χ0n) is 18.8. The van der Waals surface area contributed by atoms with Crippen LogP contribution in [0.4, 0.5) is 0 Å². The minimum absolute atomic E-state index is 0.00433. The lowest BCUT2D eigenvalue weighted by molar-refractivity contribution is 0.0954. The lowest BCUT2D eigenvalue weighted by Gasteiger charge is -2.18. The van der Waals surface area contributed by atoms with Crippen LogP contribution in [0.1, 0.15) is 40.1 Å². The number of hydrogen-bond acceptors (Lipinski definition) is 6. The van der Waals surface area contributed by atoms with E-state index >= 15 is 0 Å². The first-order valence-electron chi connectivity index (χ1n) is 11.0. The van der Waals surface area contributed by atoms with E-state index in [1.807, 2.05) is 25.1 Å². The van der Waals surface area contributed by atoms with Crippen LogP contribution in [-0.2, 0) is 12.8 Å². The van der Waals surface area contributed by atoms with E-state index in [1.165, 1.54) is 24.3 Å². The van der Waals surface area contributed by atoms with Crippen molar-refractivity contribution in [3.05, 3.63) is 87.9 Å². The number of aromatic hydroxyl groups is 3. The molecule has 2 unspecified atom stereocenters. The number of benzene rings is 3. The summed E-state index contributed by atoms with van der Waals surface area (Å²) in [6, 6.07) is 16.2. The molecule has 0 bridgehead atoms. The fraction of sp³-hybridized carbons (Fsp3) is 0.269. The molecule has 0 saturated carbocycles. The van der Waals surface area contributed by atoms with Crippen molar-refractivity contribution < 1.29 is 25.2 Å². The Morgan fingerprint density at radius 3 is 2.47 bits per heavy atom. The standard InChI is InChI=1S/C26H29ClN2O5/c1-16(29-15-25(33)20-12-22(30)14-23(31)13-20)9-17-3-2-4-19(10-17)26(34)28-8-7-18-11-21(27)5-6-24(18)32/h2-6,10-14,16,25,29-33H,7-9,15H2,1H3,(H,28,34). The molecule has 2 atom stereocenters. The van der Waals surface area contributed by atoms with Gasteiger partial charge in [0.1, 0.15) is 17.2 Å². The normalized spacial score (nSPS) is 12.8. The minimum atomic E-state index is -0.892. The Balaban J connectivity index is 1.50. The number of aliphatic hydroxyl groups excluding tert-OH is 1. The molecular weight excluding hydrogens is 456 g/mol. The Morgan fingerprint density at radius 1 is 1.00 bits per heavy atom. The zero-order chi connectivity index (χ0) is 24.7. The summed E-state index contributed by atoms with van der Waals surface area (Å²) in [5, 5.41) is 46.0. The van der Waals surface area contributed by atoms with Gasteiger partial charge in [0.15, 0.2) is 0 Å². The SMILES string of the molecule is CC(Cc1cccc(C(=O)NCCc2cc(Cl)ccc2O)c1)NCC(O)c1cc(O)cc(O)c1. The minimum Gasteiger partial charge on any atom is -0.508 e. The molecule has 0 heterocycles. The van der Waals surface area contributed by atoms with Gasteiger partial charge in [-0.2, -0.15) is 0 Å². The Morgan fingerprint density at radius 2 is 1.74 bits per heavy atom. The van der Waals surface area contributed by atoms with Crippen LogP contribution < -0.4 is 10.6 Å². The van der Waals surface area contributed by atoms with Crippen LogP contribution >= 0.6 is 11.6 Å². The second-order valence-corrected chi connectivity index (χ2v) is 8.73. The number of carbonyl (C=O) groups is 1. The zero-order valence-corrected chi connectivity index (χ0v) is 19.6. The predicted octanol–water partition coefficient (Wildman–Crippen LogP) is 3.68. The van der Waals surface area contributed by atoms with Crippen LogP contribution in [0, 0.1) is 0 Å². The second-order valence-electron chi connectivity index (χ2n) is 8.29. The highest BCUT2D eigenvalue weighted by Crippen LogP contribution is 2.25. The summed E-state index contributed by atoms with van der Waals surface area (Å²) in [6.45, 7) is 2.56. The first kappa shape index (κ1) is 25.4. The molecule has 1 amide bonds. The van der Waals surface area contributed by atoms with Crippen molar-refractivity contribution >= 4 is 17.5 Å². The Labute approximate surface area is 203 Å². The molecule has 0 radical (unpaired) electrons. The fourth-order valence-corrected chi connectivity index (χ4v) is 3.87. The third kappa shape index (κ3) is 7.38. The first-order valence-corrected chi connectivity index (χ1v) is 11.4. The molecule has 8 heteroatoms. The number of carbonyl (C=O) groups excluding carboxylic acids is 1. The van der Waals surface area contributed by atoms with E-state index in [0.717, 1.165) is 5.56 Å². The first-order chi connectivity index (χ1) is 16.2. The third-order valence-electron chi connectivity index (χ3n) is 5.42. The maximum absolute atomic E-state index is 12.6. The van der Waals surface area contributed by atoms with Gasteiger partial charge in [-0.05, 0) is 78.9 Å². The van der Waals surface area contributed by atoms with Crippen LogP contribution in [0.15, 0.2) is 60.7 Å². The highest BCUT2D eigenvalue weighted by molar-refractivity contribution is 6.30. The Bertz CT molecular complexity index is 1120. The van der Waals surface area contributed by atoms with E-state index in [9.17, 15) is 25.2 Å². The van der Waals surface area contributed by atoms with Crippen LogP contribution in [0.2, 0.25) is 5.02 Å². The molecule has 0 fully saturated rings. The van der Waals surface area contributed by atoms with Gasteiger partial charge in [-0.15, -0.1) is 0 Å². The lowest BCUT2D eigenvalue weighted by atomic mass is 10.0. The van der Waals surface area contributed by atoms with Gasteiger partial charge < -0.3 is 31.1 Å². The van der Waals surface area contributed by atoms with E-state index < -0.39 is 6.10 Å². The summed E-state index contributed by atoms with van der Waals surface area (Å²) < 4.78 is 0. The molecule has 180 valence electrons. The smallest absolute Gasteiger partial charge is 0.251 e. The topological polar surface area (TPSA) is 122 Å². The molecule has 3 aromatic carbocycles. The maximum Gasteiger partial charge on any atom is 0.251 e. The van der Waals surface area contributed by atoms with Crippen molar-refractivity contribution in [3.63, 3.8) is 0 Å². The van der Waals surface area contributed by atoms with Gasteiger partial charge in [-0.3, -0.25) is 4.79 Å². The highest BCUT2D eigenvalue weighted by atomic mass is 35.5. The van der Waals surface area contributed by atoms with E-state index in [2.05, 4.69) is 10.6 Å². The predicted molar refractivity (Wildman–Crippen MR) is 131 cm³/mol. The van der Waals surface area contributed by atoms with E-state index in [-0.39, 0.29) is 35.7 Å². The molecule has 0 saturated heterocycles. The van der Waals surface area contributed by atoms with Crippen LogP contribution in [-0.4, -0.2) is 45.5 Å². The average Bonchev–Trinajstić information content (AvgIpc) is 2.79. The molecule has 0 aliphatic heterocycles. The van der Waals surface area contributed by atoms with Crippen LogP contribution in [0.5, 0.6) is 17.2 Å². The molecule has 3 rings (SSSR count).